The van der Waals surface area contributed by atoms with Crippen molar-refractivity contribution in [3.8, 4) is 11.5 Å². The molecule has 3 aromatic rings. The Morgan fingerprint density at radius 2 is 1.84 bits per heavy atom. The maximum Gasteiger partial charge on any atom is 0.227 e. The number of benzene rings is 2. The fraction of sp³-hybridized carbons (Fsp3) is 0.333. The Morgan fingerprint density at radius 3 is 2.60 bits per heavy atom. The van der Waals surface area contributed by atoms with Crippen LogP contribution in [0.5, 0.6) is 0 Å². The van der Waals surface area contributed by atoms with E-state index in [9.17, 15) is 4.79 Å². The molecule has 1 fully saturated rings. The summed E-state index contributed by atoms with van der Waals surface area (Å²) in [5.74, 6) is 0.872. The third kappa shape index (κ3) is 3.43. The van der Waals surface area contributed by atoms with E-state index in [1.165, 1.54) is 12.0 Å². The smallest absolute Gasteiger partial charge is 0.227 e. The Bertz CT molecular complexity index is 890. The summed E-state index contributed by atoms with van der Waals surface area (Å²) in [7, 11) is 0. The highest BCUT2D eigenvalue weighted by atomic mass is 16.3. The predicted molar refractivity (Wildman–Crippen MR) is 99.4 cm³/mol. The summed E-state index contributed by atoms with van der Waals surface area (Å²) in [6, 6.07) is 13.7. The van der Waals surface area contributed by atoms with E-state index in [2.05, 4.69) is 17.2 Å². The molecule has 1 aliphatic carbocycles. The van der Waals surface area contributed by atoms with Gasteiger partial charge in [0.25, 0.3) is 0 Å². The van der Waals surface area contributed by atoms with Crippen LogP contribution in [0.25, 0.3) is 22.6 Å². The quantitative estimate of drug-likeness (QED) is 0.705. The Hall–Kier alpha value is -2.62. The van der Waals surface area contributed by atoms with Gasteiger partial charge >= 0.3 is 0 Å². The minimum Gasteiger partial charge on any atom is -0.436 e. The lowest BCUT2D eigenvalue weighted by Gasteiger charge is -2.20. The molecule has 0 aliphatic heterocycles. The van der Waals surface area contributed by atoms with Crippen LogP contribution in [0.15, 0.2) is 46.9 Å². The minimum atomic E-state index is 0.126. The number of rotatable bonds is 3. The lowest BCUT2D eigenvalue weighted by Crippen LogP contribution is -2.24. The summed E-state index contributed by atoms with van der Waals surface area (Å²) in [5.41, 5.74) is 4.43. The number of aromatic nitrogens is 1. The fourth-order valence-electron chi connectivity index (χ4n) is 3.43. The number of carbonyl (C=O) groups is 1. The summed E-state index contributed by atoms with van der Waals surface area (Å²) in [6.45, 7) is 2.05. The summed E-state index contributed by atoms with van der Waals surface area (Å²) in [6.07, 6.45) is 5.54. The minimum absolute atomic E-state index is 0.126. The van der Waals surface area contributed by atoms with E-state index < -0.39 is 0 Å². The molecule has 4 rings (SSSR count). The first-order valence-corrected chi connectivity index (χ1v) is 8.97. The molecule has 0 spiro atoms. The molecular formula is C21H22N2O2. The Balaban J connectivity index is 1.55. The second kappa shape index (κ2) is 6.71. The average molecular weight is 334 g/mol. The first kappa shape index (κ1) is 15.9. The molecule has 1 N–H and O–H groups in total. The third-order valence-electron chi connectivity index (χ3n) is 4.93. The number of fused-ring (bicyclic) bond motifs is 1. The van der Waals surface area contributed by atoms with Gasteiger partial charge in [-0.15, -0.1) is 0 Å². The standard InChI is InChI=1S/C21H22N2O2/c1-14-7-9-16(10-8-14)21-23-18-13-17(11-12-19(18)25-21)22-20(24)15-5-3-2-4-6-15/h7-13,15H,2-6H2,1H3,(H,22,24). The topological polar surface area (TPSA) is 55.1 Å². The van der Waals surface area contributed by atoms with E-state index in [0.717, 1.165) is 48.0 Å². The van der Waals surface area contributed by atoms with Gasteiger partial charge in [-0.2, -0.15) is 0 Å². The van der Waals surface area contributed by atoms with Crippen molar-refractivity contribution in [3.63, 3.8) is 0 Å². The van der Waals surface area contributed by atoms with Crippen LogP contribution in [0.2, 0.25) is 0 Å². The van der Waals surface area contributed by atoms with Gasteiger partial charge in [0.15, 0.2) is 5.58 Å². The number of nitrogens with zero attached hydrogens (tertiary/aromatic N) is 1. The predicted octanol–water partition coefficient (Wildman–Crippen LogP) is 5.32. The number of carbonyl (C=O) groups excluding carboxylic acids is 1. The number of aryl methyl sites for hydroxylation is 1. The van der Waals surface area contributed by atoms with Gasteiger partial charge in [0, 0.05) is 17.2 Å². The third-order valence-corrected chi connectivity index (χ3v) is 4.93. The van der Waals surface area contributed by atoms with Crippen LogP contribution in [-0.4, -0.2) is 10.9 Å². The molecule has 0 saturated heterocycles. The molecule has 1 aromatic heterocycles. The van der Waals surface area contributed by atoms with E-state index in [-0.39, 0.29) is 11.8 Å². The van der Waals surface area contributed by atoms with Crippen LogP contribution in [0.1, 0.15) is 37.7 Å². The molecule has 1 saturated carbocycles. The van der Waals surface area contributed by atoms with Crippen molar-refractivity contribution in [2.75, 3.05) is 5.32 Å². The van der Waals surface area contributed by atoms with E-state index in [1.54, 1.807) is 0 Å². The molecule has 0 atom stereocenters. The van der Waals surface area contributed by atoms with Gasteiger partial charge in [-0.1, -0.05) is 37.0 Å². The zero-order chi connectivity index (χ0) is 17.2. The molecule has 0 unspecified atom stereocenters. The monoisotopic (exact) mass is 334 g/mol. The summed E-state index contributed by atoms with van der Waals surface area (Å²) < 4.78 is 5.85. The van der Waals surface area contributed by atoms with Crippen LogP contribution in [-0.2, 0) is 4.79 Å². The molecule has 2 aromatic carbocycles. The molecule has 1 heterocycles. The zero-order valence-corrected chi connectivity index (χ0v) is 14.4. The lowest BCUT2D eigenvalue weighted by molar-refractivity contribution is -0.120. The van der Waals surface area contributed by atoms with E-state index in [0.29, 0.717) is 5.89 Å². The maximum absolute atomic E-state index is 12.4. The number of oxazole rings is 1. The van der Waals surface area contributed by atoms with Crippen LogP contribution < -0.4 is 5.32 Å². The number of hydrogen-bond acceptors (Lipinski definition) is 3. The first-order valence-electron chi connectivity index (χ1n) is 8.97. The molecule has 0 bridgehead atoms. The van der Waals surface area contributed by atoms with Crippen molar-refractivity contribution < 1.29 is 9.21 Å². The molecular weight excluding hydrogens is 312 g/mol. The number of hydrogen-bond donors (Lipinski definition) is 1. The van der Waals surface area contributed by atoms with Crippen molar-refractivity contribution in [1.82, 2.24) is 4.98 Å². The Labute approximate surface area is 147 Å². The van der Waals surface area contributed by atoms with E-state index in [1.807, 2.05) is 42.5 Å². The van der Waals surface area contributed by atoms with Gasteiger partial charge in [-0.05, 0) is 50.1 Å². The number of nitrogens with one attached hydrogen (secondary N) is 1. The van der Waals surface area contributed by atoms with Crippen LogP contribution in [0.3, 0.4) is 0 Å². The van der Waals surface area contributed by atoms with Crippen LogP contribution in [0.4, 0.5) is 5.69 Å². The highest BCUT2D eigenvalue weighted by Crippen LogP contribution is 2.28. The van der Waals surface area contributed by atoms with Gasteiger partial charge in [0.1, 0.15) is 5.52 Å². The second-order valence-electron chi connectivity index (χ2n) is 6.89. The normalized spacial score (nSPS) is 15.4. The highest BCUT2D eigenvalue weighted by Gasteiger charge is 2.21. The van der Waals surface area contributed by atoms with Crippen molar-refractivity contribution in [3.05, 3.63) is 48.0 Å². The summed E-state index contributed by atoms with van der Waals surface area (Å²) in [4.78, 5) is 17.0. The SMILES string of the molecule is Cc1ccc(-c2nc3cc(NC(=O)C4CCCCC4)ccc3o2)cc1. The first-order chi connectivity index (χ1) is 12.2. The van der Waals surface area contributed by atoms with E-state index >= 15 is 0 Å². The lowest BCUT2D eigenvalue weighted by atomic mass is 9.88. The number of anilines is 1. The summed E-state index contributed by atoms with van der Waals surface area (Å²) >= 11 is 0. The molecule has 0 radical (unpaired) electrons. The Kier molecular flexibility index (Phi) is 4.26. The molecule has 128 valence electrons. The highest BCUT2D eigenvalue weighted by molar-refractivity contribution is 5.94. The van der Waals surface area contributed by atoms with Gasteiger partial charge in [-0.3, -0.25) is 4.79 Å². The van der Waals surface area contributed by atoms with Gasteiger partial charge < -0.3 is 9.73 Å². The molecule has 25 heavy (non-hydrogen) atoms. The van der Waals surface area contributed by atoms with Crippen LogP contribution in [0, 0.1) is 12.8 Å². The van der Waals surface area contributed by atoms with E-state index in [4.69, 9.17) is 4.42 Å². The molecule has 4 heteroatoms. The van der Waals surface area contributed by atoms with Gasteiger partial charge in [0.2, 0.25) is 11.8 Å². The molecule has 1 amide bonds. The maximum atomic E-state index is 12.4. The average Bonchev–Trinajstić information content (AvgIpc) is 3.06. The zero-order valence-electron chi connectivity index (χ0n) is 14.4. The number of amides is 1. The Morgan fingerprint density at radius 1 is 1.08 bits per heavy atom. The van der Waals surface area contributed by atoms with Crippen molar-refractivity contribution in [2.45, 2.75) is 39.0 Å². The molecule has 4 nitrogen and oxygen atoms in total. The summed E-state index contributed by atoms with van der Waals surface area (Å²) in [5, 5.41) is 3.04. The van der Waals surface area contributed by atoms with Crippen molar-refractivity contribution in [1.29, 1.82) is 0 Å². The second-order valence-corrected chi connectivity index (χ2v) is 6.89. The van der Waals surface area contributed by atoms with Gasteiger partial charge in [0.05, 0.1) is 0 Å². The van der Waals surface area contributed by atoms with Crippen LogP contribution >= 0.6 is 0 Å². The van der Waals surface area contributed by atoms with Gasteiger partial charge in [-0.25, -0.2) is 4.98 Å². The largest absolute Gasteiger partial charge is 0.436 e. The van der Waals surface area contributed by atoms with Crippen molar-refractivity contribution >= 4 is 22.7 Å². The fourth-order valence-corrected chi connectivity index (χ4v) is 3.43. The molecule has 1 aliphatic rings. The van der Waals surface area contributed by atoms with Crippen molar-refractivity contribution in [2.24, 2.45) is 5.92 Å².